The van der Waals surface area contributed by atoms with Crippen LogP contribution in [0.5, 0.6) is 0 Å². The molecule has 0 heterocycles. The number of aliphatic hydroxyl groups is 1. The van der Waals surface area contributed by atoms with Crippen molar-refractivity contribution in [2.24, 2.45) is 5.73 Å². The van der Waals surface area contributed by atoms with Gasteiger partial charge in [-0.25, -0.2) is 4.57 Å². The third-order valence-corrected chi connectivity index (χ3v) is 1.89. The Kier molecular flexibility index (Phi) is 6.66. The number of amides is 1. The van der Waals surface area contributed by atoms with Crippen LogP contribution in [0, 0.1) is 0 Å². The fourth-order valence-electron chi connectivity index (χ4n) is 0.758. The molecule has 0 rings (SSSR count). The normalized spacial score (nSPS) is 13.6. The first kappa shape index (κ1) is 14.5. The summed E-state index contributed by atoms with van der Waals surface area (Å²) in [7, 11) is -4.58. The first-order valence-electron chi connectivity index (χ1n) is 4.19. The van der Waals surface area contributed by atoms with Crippen LogP contribution in [0.3, 0.4) is 0 Å². The lowest BCUT2D eigenvalue weighted by atomic mass is 10.3. The van der Waals surface area contributed by atoms with E-state index in [0.717, 1.165) is 0 Å². The quantitative estimate of drug-likeness (QED) is 0.322. The molecule has 1 amide bonds. The number of rotatable bonds is 7. The topological polar surface area (TPSA) is 142 Å². The monoisotopic (exact) mass is 242 g/mol. The van der Waals surface area contributed by atoms with Crippen LogP contribution in [0.2, 0.25) is 0 Å². The molecule has 0 aromatic carbocycles. The zero-order chi connectivity index (χ0) is 11.9. The van der Waals surface area contributed by atoms with E-state index >= 15 is 0 Å². The average molecular weight is 242 g/mol. The van der Waals surface area contributed by atoms with Crippen molar-refractivity contribution in [1.29, 1.82) is 0 Å². The van der Waals surface area contributed by atoms with Gasteiger partial charge in [-0.1, -0.05) is 0 Å². The summed E-state index contributed by atoms with van der Waals surface area (Å²) in [4.78, 5) is 27.7. The van der Waals surface area contributed by atoms with E-state index in [9.17, 15) is 9.36 Å². The lowest BCUT2D eigenvalue weighted by Gasteiger charge is -2.16. The molecule has 0 aliphatic carbocycles. The van der Waals surface area contributed by atoms with Crippen molar-refractivity contribution in [2.45, 2.75) is 12.5 Å². The highest BCUT2D eigenvalue weighted by Crippen LogP contribution is 2.35. The number of hydrogen-bond acceptors (Lipinski definition) is 5. The van der Waals surface area contributed by atoms with Crippen molar-refractivity contribution in [3.8, 4) is 0 Å². The number of phosphoric acid groups is 1. The Morgan fingerprint density at radius 1 is 1.53 bits per heavy atom. The van der Waals surface area contributed by atoms with Gasteiger partial charge in [-0.15, -0.1) is 0 Å². The van der Waals surface area contributed by atoms with Gasteiger partial charge in [0, 0.05) is 13.0 Å². The van der Waals surface area contributed by atoms with Gasteiger partial charge in [-0.3, -0.25) is 9.32 Å². The highest BCUT2D eigenvalue weighted by Gasteiger charge is 2.18. The number of carbonyl (C=O) groups is 1. The number of aliphatic hydroxyl groups excluding tert-OH is 1. The number of hydrogen-bond donors (Lipinski definition) is 5. The second kappa shape index (κ2) is 6.89. The zero-order valence-corrected chi connectivity index (χ0v) is 8.89. The highest BCUT2D eigenvalue weighted by atomic mass is 31.2. The fraction of sp³-hybridized carbons (Fsp3) is 0.833. The van der Waals surface area contributed by atoms with Gasteiger partial charge in [-0.2, -0.15) is 0 Å². The largest absolute Gasteiger partial charge is 0.469 e. The minimum atomic E-state index is -4.58. The minimum Gasteiger partial charge on any atom is -0.394 e. The van der Waals surface area contributed by atoms with Crippen LogP contribution < -0.4 is 11.1 Å². The second-order valence-electron chi connectivity index (χ2n) is 2.77. The van der Waals surface area contributed by atoms with Gasteiger partial charge in [0.05, 0.1) is 19.3 Å². The standard InChI is InChI=1S/C6H15N2O6P/c7-2-1-6(10)8-5(3-9)4-14-15(11,12)13/h5,9H,1-4,7H2,(H,8,10)(H2,11,12,13). The number of nitrogens with one attached hydrogen (secondary N) is 1. The molecule has 15 heavy (non-hydrogen) atoms. The van der Waals surface area contributed by atoms with E-state index in [2.05, 4.69) is 9.84 Å². The van der Waals surface area contributed by atoms with E-state index in [0.29, 0.717) is 0 Å². The molecular formula is C6H15N2O6P. The van der Waals surface area contributed by atoms with E-state index in [1.54, 1.807) is 0 Å². The first-order valence-corrected chi connectivity index (χ1v) is 5.72. The molecule has 0 aromatic rings. The lowest BCUT2D eigenvalue weighted by molar-refractivity contribution is -0.122. The van der Waals surface area contributed by atoms with E-state index < -0.39 is 33.0 Å². The van der Waals surface area contributed by atoms with Gasteiger partial charge in [0.1, 0.15) is 0 Å². The molecule has 90 valence electrons. The summed E-state index contributed by atoms with van der Waals surface area (Å²) >= 11 is 0. The first-order chi connectivity index (χ1) is 6.89. The minimum absolute atomic E-state index is 0.0758. The molecule has 0 spiro atoms. The lowest BCUT2D eigenvalue weighted by Crippen LogP contribution is -2.41. The third-order valence-electron chi connectivity index (χ3n) is 1.40. The summed E-state index contributed by atoms with van der Waals surface area (Å²) in [6.07, 6.45) is 0.0758. The van der Waals surface area contributed by atoms with Gasteiger partial charge < -0.3 is 25.9 Å². The van der Waals surface area contributed by atoms with Gasteiger partial charge in [0.15, 0.2) is 0 Å². The third kappa shape index (κ3) is 8.49. The SMILES string of the molecule is NCCC(=O)NC(CO)COP(=O)(O)O. The predicted molar refractivity (Wildman–Crippen MR) is 50.7 cm³/mol. The molecule has 0 bridgehead atoms. The Bertz CT molecular complexity index is 242. The van der Waals surface area contributed by atoms with E-state index in [1.807, 2.05) is 0 Å². The average Bonchev–Trinajstić information content (AvgIpc) is 2.11. The van der Waals surface area contributed by atoms with Gasteiger partial charge in [0.25, 0.3) is 0 Å². The molecule has 0 saturated heterocycles. The summed E-state index contributed by atoms with van der Waals surface area (Å²) in [5, 5.41) is 11.1. The molecule has 0 fully saturated rings. The van der Waals surface area contributed by atoms with E-state index in [1.165, 1.54) is 0 Å². The molecule has 0 aliphatic heterocycles. The molecule has 1 unspecified atom stereocenters. The Balaban J connectivity index is 3.93. The Morgan fingerprint density at radius 2 is 2.13 bits per heavy atom. The van der Waals surface area contributed by atoms with Crippen LogP contribution in [-0.2, 0) is 13.9 Å². The summed E-state index contributed by atoms with van der Waals surface area (Å²) < 4.78 is 14.4. The summed E-state index contributed by atoms with van der Waals surface area (Å²) in [6, 6.07) is -0.850. The summed E-state index contributed by atoms with van der Waals surface area (Å²) in [5.74, 6) is -0.411. The van der Waals surface area contributed by atoms with E-state index in [-0.39, 0.29) is 13.0 Å². The van der Waals surface area contributed by atoms with Crippen LogP contribution in [-0.4, -0.2) is 46.6 Å². The molecule has 6 N–H and O–H groups in total. The van der Waals surface area contributed by atoms with E-state index in [4.69, 9.17) is 20.6 Å². The van der Waals surface area contributed by atoms with Crippen molar-refractivity contribution in [2.75, 3.05) is 19.8 Å². The molecular weight excluding hydrogens is 227 g/mol. The fourth-order valence-corrected chi connectivity index (χ4v) is 1.13. The molecule has 1 atom stereocenters. The Morgan fingerprint density at radius 3 is 2.53 bits per heavy atom. The summed E-state index contributed by atoms with van der Waals surface area (Å²) in [5.41, 5.74) is 5.11. The number of nitrogens with two attached hydrogens (primary N) is 1. The maximum atomic E-state index is 11.0. The summed E-state index contributed by atoms with van der Waals surface area (Å²) in [6.45, 7) is -0.781. The number of phosphoric ester groups is 1. The maximum Gasteiger partial charge on any atom is 0.469 e. The molecule has 0 aromatic heterocycles. The van der Waals surface area contributed by atoms with Crippen molar-refractivity contribution in [1.82, 2.24) is 5.32 Å². The van der Waals surface area contributed by atoms with Crippen LogP contribution in [0.15, 0.2) is 0 Å². The maximum absolute atomic E-state index is 11.0. The molecule has 8 nitrogen and oxygen atoms in total. The molecule has 0 aliphatic rings. The highest BCUT2D eigenvalue weighted by molar-refractivity contribution is 7.46. The Hall–Kier alpha value is -0.500. The zero-order valence-electron chi connectivity index (χ0n) is 8.00. The Labute approximate surface area is 86.7 Å². The van der Waals surface area contributed by atoms with Crippen molar-refractivity contribution in [3.05, 3.63) is 0 Å². The van der Waals surface area contributed by atoms with Crippen LogP contribution in [0.4, 0.5) is 0 Å². The van der Waals surface area contributed by atoms with Crippen LogP contribution in [0.25, 0.3) is 0 Å². The molecule has 9 heteroatoms. The predicted octanol–water partition coefficient (Wildman–Crippen LogP) is -2.08. The van der Waals surface area contributed by atoms with Gasteiger partial charge >= 0.3 is 7.82 Å². The molecule has 0 radical (unpaired) electrons. The number of carbonyl (C=O) groups excluding carboxylic acids is 1. The van der Waals surface area contributed by atoms with Crippen molar-refractivity contribution < 1.29 is 28.8 Å². The van der Waals surface area contributed by atoms with Crippen LogP contribution >= 0.6 is 7.82 Å². The van der Waals surface area contributed by atoms with Gasteiger partial charge in [0.2, 0.25) is 5.91 Å². The molecule has 0 saturated carbocycles. The second-order valence-corrected chi connectivity index (χ2v) is 4.01. The smallest absolute Gasteiger partial charge is 0.394 e. The van der Waals surface area contributed by atoms with Crippen LogP contribution in [0.1, 0.15) is 6.42 Å². The van der Waals surface area contributed by atoms with Crippen molar-refractivity contribution >= 4 is 13.7 Å². The van der Waals surface area contributed by atoms with Gasteiger partial charge in [-0.05, 0) is 0 Å². The van der Waals surface area contributed by atoms with Crippen molar-refractivity contribution in [3.63, 3.8) is 0 Å².